The average Bonchev–Trinajstić information content (AvgIpc) is 3.46. The Balaban J connectivity index is 1.47. The number of hydrogen-bond acceptors (Lipinski definition) is 6. The van der Waals surface area contributed by atoms with Crippen LogP contribution in [-0.4, -0.2) is 56.3 Å². The molecular weight excluding hydrogens is 463 g/mol. The number of rotatable bonds is 5. The second-order valence-corrected chi connectivity index (χ2v) is 9.23. The van der Waals surface area contributed by atoms with Gasteiger partial charge in [0, 0.05) is 31.0 Å². The quantitative estimate of drug-likeness (QED) is 0.437. The number of carboxylic acid groups (broad SMARTS) is 1. The molecular formula is C19H20Cl2N6O3S. The SMILES string of the molecule is Cc1[nH]c(C(=O)N[C@@H]2CCN(c3nc(-c4ccn[nH]4)c(C(=O)O)s3)C[C@@H]2C)c(Cl)c1Cl. The maximum absolute atomic E-state index is 12.7. The summed E-state index contributed by atoms with van der Waals surface area (Å²) in [6.45, 7) is 5.04. The Kier molecular flexibility index (Phi) is 5.96. The molecule has 31 heavy (non-hydrogen) atoms. The van der Waals surface area contributed by atoms with Gasteiger partial charge >= 0.3 is 5.97 Å². The van der Waals surface area contributed by atoms with Gasteiger partial charge in [-0.2, -0.15) is 5.10 Å². The number of thiazole rings is 1. The number of nitrogens with zero attached hydrogens (tertiary/aromatic N) is 3. The van der Waals surface area contributed by atoms with Gasteiger partial charge < -0.3 is 20.3 Å². The number of aromatic carboxylic acids is 1. The second kappa shape index (κ2) is 8.52. The highest BCUT2D eigenvalue weighted by Gasteiger charge is 2.31. The van der Waals surface area contributed by atoms with Crippen molar-refractivity contribution in [2.24, 2.45) is 5.92 Å². The van der Waals surface area contributed by atoms with Crippen molar-refractivity contribution in [3.05, 3.63) is 38.6 Å². The third kappa shape index (κ3) is 4.15. The van der Waals surface area contributed by atoms with E-state index in [-0.39, 0.29) is 33.5 Å². The highest BCUT2D eigenvalue weighted by molar-refractivity contribution is 7.17. The highest BCUT2D eigenvalue weighted by Crippen LogP contribution is 2.34. The van der Waals surface area contributed by atoms with Crippen LogP contribution in [0.4, 0.5) is 5.13 Å². The van der Waals surface area contributed by atoms with E-state index in [4.69, 9.17) is 23.2 Å². The van der Waals surface area contributed by atoms with Crippen molar-refractivity contribution in [2.45, 2.75) is 26.3 Å². The third-order valence-electron chi connectivity index (χ3n) is 5.34. The third-order valence-corrected chi connectivity index (χ3v) is 7.39. The standard InChI is InChI=1S/C19H20Cl2N6O3S/c1-8-7-27(19-25-14(11-3-5-22-26-11)16(31-19)18(29)30)6-4-10(8)24-17(28)15-13(21)12(20)9(2)23-15/h3,5,8,10,23H,4,6-7H2,1-2H3,(H,22,26)(H,24,28)(H,29,30)/t8-,10+/m0/s1. The van der Waals surface area contributed by atoms with Crippen molar-refractivity contribution < 1.29 is 14.7 Å². The number of aromatic nitrogens is 4. The summed E-state index contributed by atoms with van der Waals surface area (Å²) in [5, 5.41) is 20.5. The van der Waals surface area contributed by atoms with Crippen LogP contribution in [0.2, 0.25) is 10.0 Å². The lowest BCUT2D eigenvalue weighted by Gasteiger charge is -2.37. The molecule has 0 radical (unpaired) electrons. The van der Waals surface area contributed by atoms with Crippen molar-refractivity contribution in [2.75, 3.05) is 18.0 Å². The number of piperidine rings is 1. The number of hydrogen-bond donors (Lipinski definition) is 4. The molecule has 0 saturated carbocycles. The van der Waals surface area contributed by atoms with Gasteiger partial charge in [0.05, 0.1) is 15.7 Å². The van der Waals surface area contributed by atoms with Crippen LogP contribution in [0.5, 0.6) is 0 Å². The van der Waals surface area contributed by atoms with Crippen LogP contribution in [0.1, 0.15) is 39.2 Å². The van der Waals surface area contributed by atoms with E-state index in [1.54, 1.807) is 19.2 Å². The molecule has 164 valence electrons. The highest BCUT2D eigenvalue weighted by atomic mass is 35.5. The summed E-state index contributed by atoms with van der Waals surface area (Å²) in [7, 11) is 0. The van der Waals surface area contributed by atoms with Crippen LogP contribution in [0.15, 0.2) is 12.3 Å². The zero-order valence-corrected chi connectivity index (χ0v) is 19.0. The predicted molar refractivity (Wildman–Crippen MR) is 119 cm³/mol. The van der Waals surface area contributed by atoms with Crippen molar-refractivity contribution in [3.63, 3.8) is 0 Å². The zero-order valence-electron chi connectivity index (χ0n) is 16.7. The van der Waals surface area contributed by atoms with Crippen LogP contribution in [0.25, 0.3) is 11.4 Å². The molecule has 0 spiro atoms. The Hall–Kier alpha value is -2.56. The van der Waals surface area contributed by atoms with Crippen molar-refractivity contribution in [1.29, 1.82) is 0 Å². The molecule has 1 amide bonds. The lowest BCUT2D eigenvalue weighted by atomic mass is 9.94. The maximum atomic E-state index is 12.7. The summed E-state index contributed by atoms with van der Waals surface area (Å²) in [6, 6.07) is 1.63. The molecule has 3 aromatic rings. The molecule has 1 fully saturated rings. The normalized spacial score (nSPS) is 18.9. The Bertz CT molecular complexity index is 1130. The molecule has 0 aliphatic carbocycles. The molecule has 12 heteroatoms. The monoisotopic (exact) mass is 482 g/mol. The first-order valence-electron chi connectivity index (χ1n) is 9.59. The first-order valence-corrected chi connectivity index (χ1v) is 11.2. The molecule has 0 bridgehead atoms. The van der Waals surface area contributed by atoms with E-state index in [1.165, 1.54) is 0 Å². The molecule has 1 aliphatic heterocycles. The van der Waals surface area contributed by atoms with E-state index in [1.807, 2.05) is 11.8 Å². The van der Waals surface area contributed by atoms with E-state index in [9.17, 15) is 14.7 Å². The molecule has 3 aromatic heterocycles. The number of amides is 1. The van der Waals surface area contributed by atoms with E-state index in [2.05, 4.69) is 25.5 Å². The van der Waals surface area contributed by atoms with Crippen molar-refractivity contribution in [1.82, 2.24) is 25.5 Å². The fraction of sp³-hybridized carbons (Fsp3) is 0.368. The molecule has 4 rings (SSSR count). The fourth-order valence-corrected chi connectivity index (χ4v) is 5.03. The van der Waals surface area contributed by atoms with Gasteiger partial charge in [0.25, 0.3) is 5.91 Å². The zero-order chi connectivity index (χ0) is 22.3. The first-order chi connectivity index (χ1) is 14.8. The summed E-state index contributed by atoms with van der Waals surface area (Å²) in [5.74, 6) is -1.22. The Labute approximate surface area is 191 Å². The van der Waals surface area contributed by atoms with Gasteiger partial charge in [0.1, 0.15) is 16.3 Å². The van der Waals surface area contributed by atoms with E-state index >= 15 is 0 Å². The van der Waals surface area contributed by atoms with E-state index < -0.39 is 5.97 Å². The topological polar surface area (TPSA) is 127 Å². The predicted octanol–water partition coefficient (Wildman–Crippen LogP) is 3.82. The number of carbonyl (C=O) groups excluding carboxylic acids is 1. The molecule has 1 saturated heterocycles. The smallest absolute Gasteiger partial charge is 0.348 e. The summed E-state index contributed by atoms with van der Waals surface area (Å²) in [5.41, 5.74) is 1.84. The van der Waals surface area contributed by atoms with Gasteiger partial charge in [0.2, 0.25) is 0 Å². The maximum Gasteiger partial charge on any atom is 0.348 e. The number of nitrogens with one attached hydrogen (secondary N) is 3. The minimum absolute atomic E-state index is 0.0619. The van der Waals surface area contributed by atoms with Gasteiger partial charge in [-0.15, -0.1) is 0 Å². The number of carbonyl (C=O) groups is 2. The molecule has 1 aliphatic rings. The van der Waals surface area contributed by atoms with Gasteiger partial charge in [-0.05, 0) is 25.3 Å². The second-order valence-electron chi connectivity index (χ2n) is 7.49. The van der Waals surface area contributed by atoms with Crippen LogP contribution < -0.4 is 10.2 Å². The average molecular weight is 483 g/mol. The number of H-pyrrole nitrogens is 2. The lowest BCUT2D eigenvalue weighted by Crippen LogP contribution is -2.50. The molecule has 0 aromatic carbocycles. The Morgan fingerprint density at radius 2 is 2.13 bits per heavy atom. The number of aryl methyl sites for hydroxylation is 1. The minimum atomic E-state index is -1.03. The van der Waals surface area contributed by atoms with Gasteiger partial charge in [-0.1, -0.05) is 41.5 Å². The summed E-state index contributed by atoms with van der Waals surface area (Å²) >= 11 is 13.4. The molecule has 9 nitrogen and oxygen atoms in total. The summed E-state index contributed by atoms with van der Waals surface area (Å²) in [6.07, 6.45) is 2.24. The molecule has 4 heterocycles. The van der Waals surface area contributed by atoms with E-state index in [0.29, 0.717) is 46.7 Å². The fourth-order valence-electron chi connectivity index (χ4n) is 3.66. The number of anilines is 1. The minimum Gasteiger partial charge on any atom is -0.477 e. The van der Waals surface area contributed by atoms with Gasteiger partial charge in [0.15, 0.2) is 5.13 Å². The first kappa shape index (κ1) is 21.7. The van der Waals surface area contributed by atoms with Crippen LogP contribution in [-0.2, 0) is 0 Å². The van der Waals surface area contributed by atoms with Crippen LogP contribution >= 0.6 is 34.5 Å². The summed E-state index contributed by atoms with van der Waals surface area (Å²) < 4.78 is 0. The number of carboxylic acids is 1. The molecule has 2 atom stereocenters. The van der Waals surface area contributed by atoms with E-state index in [0.717, 1.165) is 11.3 Å². The van der Waals surface area contributed by atoms with Crippen molar-refractivity contribution in [3.8, 4) is 11.4 Å². The largest absolute Gasteiger partial charge is 0.477 e. The number of halogens is 2. The van der Waals surface area contributed by atoms with Crippen molar-refractivity contribution >= 4 is 51.5 Å². The van der Waals surface area contributed by atoms with Crippen LogP contribution in [0.3, 0.4) is 0 Å². The Morgan fingerprint density at radius 3 is 2.71 bits per heavy atom. The summed E-state index contributed by atoms with van der Waals surface area (Å²) in [4.78, 5) is 34.0. The van der Waals surface area contributed by atoms with Gasteiger partial charge in [-0.3, -0.25) is 9.89 Å². The Morgan fingerprint density at radius 1 is 1.35 bits per heavy atom. The lowest BCUT2D eigenvalue weighted by molar-refractivity contribution is 0.0702. The molecule has 4 N–H and O–H groups in total. The van der Waals surface area contributed by atoms with Crippen LogP contribution in [0, 0.1) is 12.8 Å². The van der Waals surface area contributed by atoms with Gasteiger partial charge in [-0.25, -0.2) is 9.78 Å². The molecule has 0 unspecified atom stereocenters. The number of aromatic amines is 2.